The lowest BCUT2D eigenvalue weighted by atomic mass is 16.0. The van der Waals surface area contributed by atoms with Crippen LogP contribution in [0.2, 0.25) is 0 Å². The second-order valence-corrected chi connectivity index (χ2v) is 0. The standard InChI is InChI=1S/9Mg.7H2O/h;;;;;;;;;7*1H2. The second kappa shape index (κ2) is 210. The Labute approximate surface area is 240 Å². The molecule has 0 spiro atoms. The topological polar surface area (TPSA) is 220 Å². The average Bonchev–Trinajstić information content (AvgIpc) is 0. The molecule has 0 saturated carbocycles. The zero-order valence-electron chi connectivity index (χ0n) is 9.86. The minimum Gasteiger partial charge on any atom is -0.412 e. The molecule has 0 aliphatic rings. The van der Waals surface area contributed by atoms with Gasteiger partial charge in [0.25, 0.3) is 0 Å². The normalized spacial score (nSPS) is 0. The maximum atomic E-state index is 0. The SMILES string of the molecule is O.O.O.O.O.O.O.[Mg].[Mg].[Mg].[Mg].[Mg].[Mg].[Mg].[Mg].[Mg]. The van der Waals surface area contributed by atoms with Crippen molar-refractivity contribution in [3.63, 3.8) is 0 Å². The highest BCUT2D eigenvalue weighted by Gasteiger charge is 0.00815. The fourth-order valence-electron chi connectivity index (χ4n) is 0. The van der Waals surface area contributed by atoms with Gasteiger partial charge in [-0.15, -0.1) is 0 Å². The molecule has 16 heavy (non-hydrogen) atoms. The largest absolute Gasteiger partial charge is 0.412 e. The Morgan fingerprint density at radius 2 is 0.125 bits per heavy atom. The van der Waals surface area contributed by atoms with Crippen LogP contribution in [-0.2, 0) is 0 Å². The number of hydrogen-bond acceptors (Lipinski definition) is 0. The van der Waals surface area contributed by atoms with Crippen molar-refractivity contribution in [2.24, 2.45) is 0 Å². The van der Waals surface area contributed by atoms with Gasteiger partial charge in [-0.2, -0.15) is 0 Å². The third-order valence-electron chi connectivity index (χ3n) is 0. The van der Waals surface area contributed by atoms with Crippen LogP contribution in [0.4, 0.5) is 0 Å². The summed E-state index contributed by atoms with van der Waals surface area (Å²) in [5, 5.41) is 0. The fourth-order valence-corrected chi connectivity index (χ4v) is 0. The summed E-state index contributed by atoms with van der Waals surface area (Å²) < 4.78 is 0. The zero-order valence-corrected chi connectivity index (χ0v) is 22.6. The molecule has 0 aliphatic carbocycles. The molecule has 0 unspecified atom stereocenters. The van der Waals surface area contributed by atoms with Crippen molar-refractivity contribution >= 4 is 207 Å². The Morgan fingerprint density at radius 1 is 0.125 bits per heavy atom. The van der Waals surface area contributed by atoms with E-state index in [1.807, 2.05) is 0 Å². The van der Waals surface area contributed by atoms with Crippen molar-refractivity contribution in [1.29, 1.82) is 0 Å². The molecule has 0 atom stereocenters. The van der Waals surface area contributed by atoms with Gasteiger partial charge in [-0.3, -0.25) is 0 Å². The zero-order chi connectivity index (χ0) is 0. The molecule has 16 heteroatoms. The van der Waals surface area contributed by atoms with Crippen LogP contribution in [0.1, 0.15) is 0 Å². The average molecular weight is 345 g/mol. The van der Waals surface area contributed by atoms with E-state index in [0.29, 0.717) is 0 Å². The Morgan fingerprint density at radius 3 is 0.125 bits per heavy atom. The number of hydrogen-bond donors (Lipinski definition) is 0. The molecule has 0 aromatic rings. The first-order valence-electron chi connectivity index (χ1n) is 0. The minimum absolute atomic E-state index is 0. The first kappa shape index (κ1) is 241. The molecule has 0 aromatic heterocycles. The summed E-state index contributed by atoms with van der Waals surface area (Å²) >= 11 is 0. The smallest absolute Gasteiger partial charge is 0 e. The number of rotatable bonds is 0. The van der Waals surface area contributed by atoms with E-state index in [4.69, 9.17) is 0 Å². The van der Waals surface area contributed by atoms with Gasteiger partial charge in [-0.25, -0.2) is 0 Å². The summed E-state index contributed by atoms with van der Waals surface area (Å²) in [4.78, 5) is 0. The molecule has 0 rings (SSSR count). The van der Waals surface area contributed by atoms with Crippen molar-refractivity contribution in [1.82, 2.24) is 0 Å². The van der Waals surface area contributed by atoms with Crippen molar-refractivity contribution in [3.05, 3.63) is 0 Å². The summed E-state index contributed by atoms with van der Waals surface area (Å²) in [5.74, 6) is 0. The van der Waals surface area contributed by atoms with E-state index in [-0.39, 0.29) is 246 Å². The molecule has 7 nitrogen and oxygen atoms in total. The van der Waals surface area contributed by atoms with Crippen LogP contribution in [0.3, 0.4) is 0 Å². The van der Waals surface area contributed by atoms with Crippen LogP contribution in [0, 0.1) is 0 Å². The van der Waals surface area contributed by atoms with Gasteiger partial charge in [0.2, 0.25) is 0 Å². The Bertz CT molecular complexity index is 15.8. The van der Waals surface area contributed by atoms with Crippen LogP contribution in [0.15, 0.2) is 0 Å². The quantitative estimate of drug-likeness (QED) is 0.373. The van der Waals surface area contributed by atoms with Gasteiger partial charge in [0, 0.05) is 207 Å². The molecule has 0 aliphatic heterocycles. The van der Waals surface area contributed by atoms with E-state index in [1.54, 1.807) is 0 Å². The van der Waals surface area contributed by atoms with E-state index >= 15 is 0 Å². The predicted molar refractivity (Wildman–Crippen MR) is 77.1 cm³/mol. The summed E-state index contributed by atoms with van der Waals surface area (Å²) in [7, 11) is 0. The lowest BCUT2D eigenvalue weighted by Crippen LogP contribution is -0.382. The predicted octanol–water partition coefficient (Wildman–Crippen LogP) is -9.20. The fraction of sp³-hybridized carbons (Fsp3) is 0. The van der Waals surface area contributed by atoms with Gasteiger partial charge < -0.3 is 38.3 Å². The van der Waals surface area contributed by atoms with E-state index < -0.39 is 0 Å². The third kappa shape index (κ3) is 181. The van der Waals surface area contributed by atoms with Crippen molar-refractivity contribution < 1.29 is 38.3 Å². The van der Waals surface area contributed by atoms with Crippen LogP contribution in [0.25, 0.3) is 0 Å². The Balaban J connectivity index is 0. The second-order valence-electron chi connectivity index (χ2n) is 0. The van der Waals surface area contributed by atoms with Crippen LogP contribution in [-0.4, -0.2) is 246 Å². The molecule has 0 amide bonds. The van der Waals surface area contributed by atoms with E-state index in [0.717, 1.165) is 0 Å². The monoisotopic (exact) mass is 342 g/mol. The van der Waals surface area contributed by atoms with Crippen molar-refractivity contribution in [3.8, 4) is 0 Å². The highest BCUT2D eigenvalue weighted by atomic mass is 24.3. The van der Waals surface area contributed by atoms with Gasteiger partial charge in [-0.05, 0) is 0 Å². The minimum atomic E-state index is 0. The first-order valence-corrected chi connectivity index (χ1v) is 0. The van der Waals surface area contributed by atoms with Crippen LogP contribution in [0.5, 0.6) is 0 Å². The lowest BCUT2D eigenvalue weighted by molar-refractivity contribution is 0.823. The molecule has 18 radical (unpaired) electrons. The lowest BCUT2D eigenvalue weighted by Gasteiger charge is -0.413. The highest BCUT2D eigenvalue weighted by molar-refractivity contribution is 5.76. The van der Waals surface area contributed by atoms with Gasteiger partial charge >= 0.3 is 0 Å². The molecule has 0 fully saturated rings. The van der Waals surface area contributed by atoms with Gasteiger partial charge in [0.1, 0.15) is 0 Å². The Kier molecular flexibility index (Phi) is 3170. The molecular formula is H14Mg9O7. The van der Waals surface area contributed by atoms with E-state index in [1.165, 1.54) is 0 Å². The molecule has 0 bridgehead atoms. The maximum Gasteiger partial charge on any atom is 0 e. The third-order valence-corrected chi connectivity index (χ3v) is 0. The van der Waals surface area contributed by atoms with Crippen molar-refractivity contribution in [2.75, 3.05) is 0 Å². The molecule has 0 aromatic carbocycles. The van der Waals surface area contributed by atoms with Crippen LogP contribution >= 0.6 is 0 Å². The Hall–Kier alpha value is 6.62. The molecule has 74 valence electrons. The van der Waals surface area contributed by atoms with E-state index in [9.17, 15) is 0 Å². The molecule has 14 N–H and O–H groups in total. The molecular weight excluding hydrogens is 331 g/mol. The van der Waals surface area contributed by atoms with Gasteiger partial charge in [-0.1, -0.05) is 0 Å². The van der Waals surface area contributed by atoms with Crippen LogP contribution < -0.4 is 0 Å². The summed E-state index contributed by atoms with van der Waals surface area (Å²) in [6.45, 7) is 0. The van der Waals surface area contributed by atoms with Crippen molar-refractivity contribution in [2.45, 2.75) is 0 Å². The summed E-state index contributed by atoms with van der Waals surface area (Å²) in [5.41, 5.74) is 0. The highest BCUT2D eigenvalue weighted by Crippen LogP contribution is -0.283. The molecule has 0 heterocycles. The summed E-state index contributed by atoms with van der Waals surface area (Å²) in [6.07, 6.45) is 0. The van der Waals surface area contributed by atoms with E-state index in [2.05, 4.69) is 0 Å². The maximum absolute atomic E-state index is 0. The van der Waals surface area contributed by atoms with Gasteiger partial charge in [0.15, 0.2) is 0 Å². The molecule has 0 saturated heterocycles. The van der Waals surface area contributed by atoms with Gasteiger partial charge in [0.05, 0.1) is 0 Å². The first-order chi connectivity index (χ1) is 0. The summed E-state index contributed by atoms with van der Waals surface area (Å²) in [6, 6.07) is 0.